The van der Waals surface area contributed by atoms with Gasteiger partial charge in [-0.1, -0.05) is 45.0 Å². The molecule has 0 aliphatic carbocycles. The quantitative estimate of drug-likeness (QED) is 0.524. The summed E-state index contributed by atoms with van der Waals surface area (Å²) in [5.74, 6) is 0.504. The van der Waals surface area contributed by atoms with Crippen LogP contribution in [-0.2, 0) is 16.0 Å². The number of aryl methyl sites for hydroxylation is 1. The van der Waals surface area contributed by atoms with Crippen molar-refractivity contribution in [3.8, 4) is 11.1 Å². The minimum absolute atomic E-state index is 0.0699. The predicted molar refractivity (Wildman–Crippen MR) is 141 cm³/mol. The van der Waals surface area contributed by atoms with Gasteiger partial charge in [-0.2, -0.15) is 0 Å². The van der Waals surface area contributed by atoms with E-state index in [4.69, 9.17) is 4.74 Å². The molecule has 0 saturated carbocycles. The maximum atomic E-state index is 12.3. The standard InChI is InChI=1S/C26H34N4O3.C2H6/c1-4-19-6-5-7-21(10-19)22-12-23(25(18(2)31)28-14-22)29-26(16-33-17-26)15-27-13-20-8-9-30(3)24(32)11-20;1-2/h5-7,10,12,14,20,27,29H,4,8-9,11,13,15-17H2,1-3H3;1-2H3. The van der Waals surface area contributed by atoms with Crippen LogP contribution in [0.5, 0.6) is 0 Å². The number of carbonyl (C=O) groups is 2. The Balaban J connectivity index is 0.00000167. The first-order valence-electron chi connectivity index (χ1n) is 12.8. The van der Waals surface area contributed by atoms with Crippen molar-refractivity contribution in [1.82, 2.24) is 15.2 Å². The number of nitrogens with zero attached hydrogens (tertiary/aromatic N) is 2. The molecular formula is C28H40N4O3. The van der Waals surface area contributed by atoms with E-state index in [1.165, 1.54) is 5.56 Å². The Morgan fingerprint density at radius 3 is 2.63 bits per heavy atom. The first-order chi connectivity index (χ1) is 16.9. The molecule has 35 heavy (non-hydrogen) atoms. The molecule has 2 aromatic rings. The van der Waals surface area contributed by atoms with Crippen molar-refractivity contribution in [2.75, 3.05) is 45.2 Å². The number of hydrogen-bond acceptors (Lipinski definition) is 6. The van der Waals surface area contributed by atoms with E-state index < -0.39 is 0 Å². The highest BCUT2D eigenvalue weighted by Gasteiger charge is 2.39. The van der Waals surface area contributed by atoms with Gasteiger partial charge in [-0.25, -0.2) is 0 Å². The fourth-order valence-corrected chi connectivity index (χ4v) is 4.52. The van der Waals surface area contributed by atoms with Crippen molar-refractivity contribution < 1.29 is 14.3 Å². The van der Waals surface area contributed by atoms with Crippen LogP contribution in [0.2, 0.25) is 0 Å². The summed E-state index contributed by atoms with van der Waals surface area (Å²) in [6.07, 6.45) is 4.35. The number of carbonyl (C=O) groups excluding carboxylic acids is 2. The third-order valence-electron chi connectivity index (χ3n) is 6.70. The lowest BCUT2D eigenvalue weighted by Gasteiger charge is -2.43. The number of hydrogen-bond donors (Lipinski definition) is 2. The predicted octanol–water partition coefficient (Wildman–Crippen LogP) is 4.18. The molecule has 7 nitrogen and oxygen atoms in total. The Morgan fingerprint density at radius 1 is 1.23 bits per heavy atom. The van der Waals surface area contributed by atoms with Crippen LogP contribution in [0.25, 0.3) is 11.1 Å². The van der Waals surface area contributed by atoms with E-state index in [2.05, 4.69) is 46.8 Å². The molecule has 0 spiro atoms. The van der Waals surface area contributed by atoms with Gasteiger partial charge in [0.05, 0.1) is 24.4 Å². The van der Waals surface area contributed by atoms with E-state index in [1.807, 2.05) is 27.0 Å². The van der Waals surface area contributed by atoms with Gasteiger partial charge in [-0.05, 0) is 42.5 Å². The zero-order chi connectivity index (χ0) is 25.4. The van der Waals surface area contributed by atoms with Crippen LogP contribution in [0.3, 0.4) is 0 Å². The maximum Gasteiger partial charge on any atom is 0.222 e. The lowest BCUT2D eigenvalue weighted by Crippen LogP contribution is -2.62. The monoisotopic (exact) mass is 480 g/mol. The molecule has 1 atom stereocenters. The number of ether oxygens (including phenoxy) is 1. The highest BCUT2D eigenvalue weighted by atomic mass is 16.5. The minimum atomic E-state index is -0.300. The van der Waals surface area contributed by atoms with Crippen LogP contribution in [0.4, 0.5) is 5.69 Å². The second-order valence-electron chi connectivity index (χ2n) is 9.43. The van der Waals surface area contributed by atoms with E-state index in [1.54, 1.807) is 18.0 Å². The average molecular weight is 481 g/mol. The number of aromatic nitrogens is 1. The van der Waals surface area contributed by atoms with Gasteiger partial charge < -0.3 is 20.3 Å². The summed E-state index contributed by atoms with van der Waals surface area (Å²) in [6.45, 7) is 11.1. The van der Waals surface area contributed by atoms with Crippen molar-refractivity contribution in [3.05, 3.63) is 47.8 Å². The van der Waals surface area contributed by atoms with Crippen molar-refractivity contribution >= 4 is 17.4 Å². The number of nitrogens with one attached hydrogen (secondary N) is 2. The molecule has 190 valence electrons. The smallest absolute Gasteiger partial charge is 0.222 e. The van der Waals surface area contributed by atoms with Crippen LogP contribution in [-0.4, -0.2) is 67.0 Å². The third kappa shape index (κ3) is 6.67. The molecule has 1 aromatic heterocycles. The second-order valence-corrected chi connectivity index (χ2v) is 9.43. The molecule has 1 unspecified atom stereocenters. The number of amides is 1. The molecule has 7 heteroatoms. The lowest BCUT2D eigenvalue weighted by molar-refractivity contribution is -0.133. The molecular weight excluding hydrogens is 440 g/mol. The van der Waals surface area contributed by atoms with Gasteiger partial charge >= 0.3 is 0 Å². The Kier molecular flexibility index (Phi) is 9.40. The maximum absolute atomic E-state index is 12.3. The molecule has 4 rings (SSSR count). The number of piperidine rings is 1. The zero-order valence-electron chi connectivity index (χ0n) is 21.8. The normalized spacial score (nSPS) is 18.8. The third-order valence-corrected chi connectivity index (χ3v) is 6.70. The largest absolute Gasteiger partial charge is 0.376 e. The van der Waals surface area contributed by atoms with E-state index in [0.29, 0.717) is 37.8 Å². The van der Waals surface area contributed by atoms with Crippen LogP contribution in [0.1, 0.15) is 56.6 Å². The van der Waals surface area contributed by atoms with Crippen LogP contribution in [0, 0.1) is 5.92 Å². The summed E-state index contributed by atoms with van der Waals surface area (Å²) in [7, 11) is 1.86. The number of pyridine rings is 1. The summed E-state index contributed by atoms with van der Waals surface area (Å²) in [5, 5.41) is 7.13. The fraction of sp³-hybridized carbons (Fsp3) is 0.536. The highest BCUT2D eigenvalue weighted by Crippen LogP contribution is 2.30. The van der Waals surface area contributed by atoms with Crippen LogP contribution >= 0.6 is 0 Å². The van der Waals surface area contributed by atoms with Gasteiger partial charge in [-0.15, -0.1) is 0 Å². The average Bonchev–Trinajstić information content (AvgIpc) is 2.85. The first kappa shape index (κ1) is 26.8. The Bertz CT molecular complexity index is 1020. The Labute approximate surface area is 209 Å². The number of anilines is 1. The lowest BCUT2D eigenvalue weighted by atomic mass is 9.93. The molecule has 2 saturated heterocycles. The summed E-state index contributed by atoms with van der Waals surface area (Å²) >= 11 is 0. The molecule has 2 aliphatic rings. The summed E-state index contributed by atoms with van der Waals surface area (Å²) in [4.78, 5) is 30.6. The highest BCUT2D eigenvalue weighted by molar-refractivity contribution is 5.98. The molecule has 0 bridgehead atoms. The molecule has 2 aliphatic heterocycles. The zero-order valence-corrected chi connectivity index (χ0v) is 21.8. The van der Waals surface area contributed by atoms with Crippen LogP contribution in [0.15, 0.2) is 36.5 Å². The summed E-state index contributed by atoms with van der Waals surface area (Å²) < 4.78 is 5.56. The van der Waals surface area contributed by atoms with E-state index in [0.717, 1.165) is 42.7 Å². The SMILES string of the molecule is CC.CCc1cccc(-c2cnc(C(C)=O)c(NC3(CNCC4CCN(C)C(=O)C4)COC3)c2)c1. The topological polar surface area (TPSA) is 83.6 Å². The summed E-state index contributed by atoms with van der Waals surface area (Å²) in [6, 6.07) is 10.4. The number of ketones is 1. The number of benzene rings is 1. The van der Waals surface area contributed by atoms with Gasteiger partial charge in [-0.3, -0.25) is 14.6 Å². The number of rotatable bonds is 9. The second kappa shape index (κ2) is 12.3. The Morgan fingerprint density at radius 2 is 2.00 bits per heavy atom. The van der Waals surface area contributed by atoms with E-state index in [9.17, 15) is 9.59 Å². The molecule has 3 heterocycles. The van der Waals surface area contributed by atoms with Crippen molar-refractivity contribution in [3.63, 3.8) is 0 Å². The van der Waals surface area contributed by atoms with Crippen LogP contribution < -0.4 is 10.6 Å². The van der Waals surface area contributed by atoms with E-state index in [-0.39, 0.29) is 17.2 Å². The molecule has 2 N–H and O–H groups in total. The Hall–Kier alpha value is -2.77. The van der Waals surface area contributed by atoms with Crippen molar-refractivity contribution in [2.45, 2.75) is 52.5 Å². The molecule has 1 amide bonds. The molecule has 2 fully saturated rings. The number of likely N-dealkylation sites (tertiary alicyclic amines) is 1. The summed E-state index contributed by atoms with van der Waals surface area (Å²) in [5.41, 5.74) is 4.21. The minimum Gasteiger partial charge on any atom is -0.376 e. The molecule has 0 radical (unpaired) electrons. The van der Waals surface area contributed by atoms with Gasteiger partial charge in [0.1, 0.15) is 5.69 Å². The van der Waals surface area contributed by atoms with Gasteiger partial charge in [0.25, 0.3) is 0 Å². The van der Waals surface area contributed by atoms with E-state index >= 15 is 0 Å². The van der Waals surface area contributed by atoms with Gasteiger partial charge in [0.2, 0.25) is 5.91 Å². The number of Topliss-reactive ketones (excluding diaryl/α,β-unsaturated/α-hetero) is 1. The van der Waals surface area contributed by atoms with Gasteiger partial charge in [0.15, 0.2) is 5.78 Å². The van der Waals surface area contributed by atoms with Crippen molar-refractivity contribution in [2.24, 2.45) is 5.92 Å². The molecule has 1 aromatic carbocycles. The van der Waals surface area contributed by atoms with Crippen molar-refractivity contribution in [1.29, 1.82) is 0 Å². The first-order valence-corrected chi connectivity index (χ1v) is 12.8. The fourth-order valence-electron chi connectivity index (χ4n) is 4.52. The van der Waals surface area contributed by atoms with Gasteiger partial charge in [0, 0.05) is 45.2 Å².